The highest BCUT2D eigenvalue weighted by atomic mass is 79.9. The summed E-state index contributed by atoms with van der Waals surface area (Å²) in [7, 11) is 3.60. The molecule has 7 heteroatoms. The molecular weight excluding hydrogens is 421 g/mol. The average molecular weight is 438 g/mol. The molecule has 0 saturated heterocycles. The fraction of sp³-hybridized carbons (Fsp3) is 0.357. The highest BCUT2D eigenvalue weighted by Gasteiger charge is 2.21. The predicted octanol–water partition coefficient (Wildman–Crippen LogP) is 4.02. The second-order valence-corrected chi connectivity index (χ2v) is 6.60. The number of ether oxygens (including phenoxy) is 1. The van der Waals surface area contributed by atoms with Gasteiger partial charge < -0.3 is 10.1 Å². The maximum Gasteiger partial charge on any atom is 0.0757 e. The zero-order chi connectivity index (χ0) is 15.4. The van der Waals surface area contributed by atoms with E-state index in [-0.39, 0.29) is 6.04 Å². The lowest BCUT2D eigenvalue weighted by atomic mass is 10.0. The minimum atomic E-state index is -0.00988. The minimum absolute atomic E-state index is 0.00988. The van der Waals surface area contributed by atoms with E-state index in [4.69, 9.17) is 16.3 Å². The van der Waals surface area contributed by atoms with Gasteiger partial charge >= 0.3 is 0 Å². The molecule has 0 aliphatic heterocycles. The van der Waals surface area contributed by atoms with Crippen LogP contribution in [-0.2, 0) is 11.3 Å². The van der Waals surface area contributed by atoms with Crippen LogP contribution >= 0.6 is 43.5 Å². The maximum atomic E-state index is 6.21. The van der Waals surface area contributed by atoms with Gasteiger partial charge in [0.1, 0.15) is 0 Å². The van der Waals surface area contributed by atoms with E-state index in [0.717, 1.165) is 20.2 Å². The van der Waals surface area contributed by atoms with Gasteiger partial charge in [0.2, 0.25) is 0 Å². The van der Waals surface area contributed by atoms with E-state index in [1.165, 1.54) is 0 Å². The van der Waals surface area contributed by atoms with Gasteiger partial charge in [0, 0.05) is 11.6 Å². The molecule has 1 aromatic carbocycles. The standard InChI is InChI=1S/C14H16Br2ClN3O/c1-18-13(9-3-4-10(15)12(17)7-9)14-11(16)8-19-20(14)5-6-21-2/h3-4,7-8,13,18H,5-6H2,1-2H3. The van der Waals surface area contributed by atoms with Crippen LogP contribution in [0.25, 0.3) is 0 Å². The van der Waals surface area contributed by atoms with Gasteiger partial charge in [-0.05, 0) is 56.6 Å². The van der Waals surface area contributed by atoms with Gasteiger partial charge in [-0.15, -0.1) is 0 Å². The summed E-state index contributed by atoms with van der Waals surface area (Å²) in [4.78, 5) is 0. The number of methoxy groups -OCH3 is 1. The number of nitrogens with zero attached hydrogens (tertiary/aromatic N) is 2. The second kappa shape index (κ2) is 7.74. The largest absolute Gasteiger partial charge is 0.383 e. The first-order valence-corrected chi connectivity index (χ1v) is 8.37. The van der Waals surface area contributed by atoms with Crippen LogP contribution in [0.5, 0.6) is 0 Å². The van der Waals surface area contributed by atoms with Crippen molar-refractivity contribution in [2.45, 2.75) is 12.6 Å². The van der Waals surface area contributed by atoms with E-state index >= 15 is 0 Å². The Labute approximate surface area is 146 Å². The molecular formula is C14H16Br2ClN3O. The summed E-state index contributed by atoms with van der Waals surface area (Å²) >= 11 is 13.2. The predicted molar refractivity (Wildman–Crippen MR) is 91.9 cm³/mol. The first kappa shape index (κ1) is 17.0. The lowest BCUT2D eigenvalue weighted by molar-refractivity contribution is 0.182. The number of benzene rings is 1. The summed E-state index contributed by atoms with van der Waals surface area (Å²) in [6, 6.07) is 5.93. The molecule has 1 unspecified atom stereocenters. The topological polar surface area (TPSA) is 39.1 Å². The Balaban J connectivity index is 2.40. The Kier molecular flexibility index (Phi) is 6.25. The zero-order valence-corrected chi connectivity index (χ0v) is 15.7. The number of halogens is 3. The highest BCUT2D eigenvalue weighted by molar-refractivity contribution is 9.10. The van der Waals surface area contributed by atoms with Gasteiger partial charge in [-0.3, -0.25) is 4.68 Å². The lowest BCUT2D eigenvalue weighted by Gasteiger charge is -2.20. The molecule has 0 aliphatic rings. The van der Waals surface area contributed by atoms with Crippen molar-refractivity contribution in [2.24, 2.45) is 0 Å². The highest BCUT2D eigenvalue weighted by Crippen LogP contribution is 2.32. The first-order valence-electron chi connectivity index (χ1n) is 6.40. The summed E-state index contributed by atoms with van der Waals surface area (Å²) in [6.45, 7) is 1.30. The molecule has 1 heterocycles. The molecule has 1 atom stereocenters. The number of nitrogens with one attached hydrogen (secondary N) is 1. The normalized spacial score (nSPS) is 12.6. The van der Waals surface area contributed by atoms with Gasteiger partial charge in [0.05, 0.1) is 40.6 Å². The van der Waals surface area contributed by atoms with Crippen LogP contribution in [0.4, 0.5) is 0 Å². The van der Waals surface area contributed by atoms with Crippen LogP contribution in [0.2, 0.25) is 5.02 Å². The van der Waals surface area contributed by atoms with Crippen molar-refractivity contribution >= 4 is 43.5 Å². The van der Waals surface area contributed by atoms with Crippen LogP contribution < -0.4 is 5.32 Å². The van der Waals surface area contributed by atoms with E-state index in [9.17, 15) is 0 Å². The van der Waals surface area contributed by atoms with E-state index in [0.29, 0.717) is 18.2 Å². The fourth-order valence-electron chi connectivity index (χ4n) is 2.17. The molecule has 114 valence electrons. The number of aromatic nitrogens is 2. The molecule has 2 rings (SSSR count). The molecule has 2 aromatic rings. The summed E-state index contributed by atoms with van der Waals surface area (Å²) in [5.41, 5.74) is 2.12. The van der Waals surface area contributed by atoms with E-state index < -0.39 is 0 Å². The molecule has 0 fully saturated rings. The summed E-state index contributed by atoms with van der Waals surface area (Å²) < 4.78 is 8.91. The molecule has 0 spiro atoms. The van der Waals surface area contributed by atoms with Crippen molar-refractivity contribution in [3.05, 3.63) is 49.6 Å². The van der Waals surface area contributed by atoms with E-state index in [1.54, 1.807) is 13.3 Å². The van der Waals surface area contributed by atoms with Crippen LogP contribution in [0.3, 0.4) is 0 Å². The Hall–Kier alpha value is -0.400. The Morgan fingerprint density at radius 2 is 2.14 bits per heavy atom. The van der Waals surface area contributed by atoms with Crippen molar-refractivity contribution < 1.29 is 4.74 Å². The molecule has 1 N–H and O–H groups in total. The third-order valence-corrected chi connectivity index (χ3v) is 5.02. The number of hydrogen-bond donors (Lipinski definition) is 1. The monoisotopic (exact) mass is 435 g/mol. The fourth-order valence-corrected chi connectivity index (χ4v) is 3.13. The summed E-state index contributed by atoms with van der Waals surface area (Å²) in [5.74, 6) is 0. The van der Waals surface area contributed by atoms with Gasteiger partial charge in [-0.2, -0.15) is 5.10 Å². The molecule has 1 aromatic heterocycles. The van der Waals surface area contributed by atoms with Gasteiger partial charge in [-0.25, -0.2) is 0 Å². The Bertz CT molecular complexity index is 618. The van der Waals surface area contributed by atoms with Crippen molar-refractivity contribution in [1.82, 2.24) is 15.1 Å². The van der Waals surface area contributed by atoms with Gasteiger partial charge in [0.15, 0.2) is 0 Å². The lowest BCUT2D eigenvalue weighted by Crippen LogP contribution is -2.23. The van der Waals surface area contributed by atoms with E-state index in [2.05, 4.69) is 42.3 Å². The third-order valence-electron chi connectivity index (χ3n) is 3.18. The third kappa shape index (κ3) is 3.87. The quantitative estimate of drug-likeness (QED) is 0.742. The molecule has 0 aliphatic carbocycles. The molecule has 4 nitrogen and oxygen atoms in total. The SMILES string of the molecule is CNC(c1ccc(Br)c(Cl)c1)c1c(Br)cnn1CCOC. The molecule has 0 bridgehead atoms. The van der Waals surface area contributed by atoms with Crippen LogP contribution in [0.1, 0.15) is 17.3 Å². The summed E-state index contributed by atoms with van der Waals surface area (Å²) in [5, 5.41) is 8.40. The second-order valence-electron chi connectivity index (χ2n) is 4.49. The Morgan fingerprint density at radius 3 is 2.76 bits per heavy atom. The van der Waals surface area contributed by atoms with Gasteiger partial charge in [0.25, 0.3) is 0 Å². The number of rotatable bonds is 6. The minimum Gasteiger partial charge on any atom is -0.383 e. The zero-order valence-electron chi connectivity index (χ0n) is 11.7. The first-order chi connectivity index (χ1) is 10.1. The molecule has 0 saturated carbocycles. The van der Waals surface area contributed by atoms with Crippen molar-refractivity contribution in [3.63, 3.8) is 0 Å². The van der Waals surface area contributed by atoms with Crippen LogP contribution in [0, 0.1) is 0 Å². The van der Waals surface area contributed by atoms with Crippen molar-refractivity contribution in [1.29, 1.82) is 0 Å². The smallest absolute Gasteiger partial charge is 0.0757 e. The number of hydrogen-bond acceptors (Lipinski definition) is 3. The average Bonchev–Trinajstić information content (AvgIpc) is 2.83. The Morgan fingerprint density at radius 1 is 1.38 bits per heavy atom. The van der Waals surface area contributed by atoms with Crippen molar-refractivity contribution in [3.8, 4) is 0 Å². The van der Waals surface area contributed by atoms with E-state index in [1.807, 2.05) is 29.9 Å². The molecule has 0 radical (unpaired) electrons. The summed E-state index contributed by atoms with van der Waals surface area (Å²) in [6.07, 6.45) is 1.80. The van der Waals surface area contributed by atoms with Crippen LogP contribution in [0.15, 0.2) is 33.3 Å². The molecule has 0 amide bonds. The van der Waals surface area contributed by atoms with Crippen molar-refractivity contribution in [2.75, 3.05) is 20.8 Å². The molecule has 21 heavy (non-hydrogen) atoms. The maximum absolute atomic E-state index is 6.21. The van der Waals surface area contributed by atoms with Crippen LogP contribution in [-0.4, -0.2) is 30.5 Å². The van der Waals surface area contributed by atoms with Gasteiger partial charge in [-0.1, -0.05) is 17.7 Å².